The number of carbonyl (C=O) groups is 1. The maximum atomic E-state index is 12.8. The third-order valence-electron chi connectivity index (χ3n) is 1.98. The molecule has 1 aromatic rings. The van der Waals surface area contributed by atoms with Gasteiger partial charge in [0.05, 0.1) is 6.04 Å². The van der Waals surface area contributed by atoms with Crippen molar-refractivity contribution in [1.29, 1.82) is 0 Å². The van der Waals surface area contributed by atoms with Gasteiger partial charge < -0.3 is 5.73 Å². The molecule has 1 aromatic carbocycles. The predicted octanol–water partition coefficient (Wildman–Crippen LogP) is 1.72. The Morgan fingerprint density at radius 2 is 2.15 bits per heavy atom. The number of hydrogen-bond acceptors (Lipinski definition) is 2. The third-order valence-corrected chi connectivity index (χ3v) is 1.98. The van der Waals surface area contributed by atoms with Crippen molar-refractivity contribution in [3.63, 3.8) is 0 Å². The number of nitrogens with two attached hydrogens (primary N) is 1. The molecule has 70 valence electrons. The Labute approximate surface area is 76.6 Å². The summed E-state index contributed by atoms with van der Waals surface area (Å²) in [5.41, 5.74) is 6.75. The van der Waals surface area contributed by atoms with E-state index in [1.165, 1.54) is 19.1 Å². The highest BCUT2D eigenvalue weighted by atomic mass is 19.1. The van der Waals surface area contributed by atoms with Gasteiger partial charge in [0.15, 0.2) is 5.78 Å². The van der Waals surface area contributed by atoms with Gasteiger partial charge in [0.2, 0.25) is 0 Å². The van der Waals surface area contributed by atoms with Crippen LogP contribution in [0, 0.1) is 12.7 Å². The zero-order valence-electron chi connectivity index (χ0n) is 7.67. The summed E-state index contributed by atoms with van der Waals surface area (Å²) < 4.78 is 12.8. The molecule has 13 heavy (non-hydrogen) atoms. The number of hydrogen-bond donors (Lipinski definition) is 1. The molecule has 1 rings (SSSR count). The first kappa shape index (κ1) is 9.86. The minimum Gasteiger partial charge on any atom is -0.318 e. The Kier molecular flexibility index (Phi) is 2.78. The number of carbonyl (C=O) groups excluding carboxylic acids is 1. The van der Waals surface area contributed by atoms with Gasteiger partial charge in [-0.15, -0.1) is 0 Å². The number of rotatable bonds is 2. The minimum absolute atomic E-state index is 0.119. The molecule has 0 radical (unpaired) electrons. The fourth-order valence-corrected chi connectivity index (χ4v) is 1.10. The van der Waals surface area contributed by atoms with Crippen LogP contribution in [0.3, 0.4) is 0 Å². The monoisotopic (exact) mass is 181 g/mol. The molecular formula is C10H12FNO. The van der Waals surface area contributed by atoms with Gasteiger partial charge in [-0.05, 0) is 31.0 Å². The molecule has 0 bridgehead atoms. The molecule has 0 aromatic heterocycles. The maximum Gasteiger partial charge on any atom is 0.150 e. The summed E-state index contributed by atoms with van der Waals surface area (Å²) in [4.78, 5) is 10.9. The van der Waals surface area contributed by atoms with Gasteiger partial charge in [-0.2, -0.15) is 0 Å². The molecule has 2 N–H and O–H groups in total. The van der Waals surface area contributed by atoms with Crippen LogP contribution in [0.2, 0.25) is 0 Å². The molecule has 0 spiro atoms. The lowest BCUT2D eigenvalue weighted by atomic mass is 10.0. The van der Waals surface area contributed by atoms with Crippen LogP contribution in [0.15, 0.2) is 18.2 Å². The van der Waals surface area contributed by atoms with E-state index in [1.807, 2.05) is 0 Å². The van der Waals surface area contributed by atoms with Crippen molar-refractivity contribution in [3.8, 4) is 0 Å². The van der Waals surface area contributed by atoms with E-state index < -0.39 is 6.04 Å². The van der Waals surface area contributed by atoms with Crippen LogP contribution in [-0.2, 0) is 4.79 Å². The van der Waals surface area contributed by atoms with Crippen molar-refractivity contribution in [2.45, 2.75) is 19.9 Å². The largest absolute Gasteiger partial charge is 0.318 e. The summed E-state index contributed by atoms with van der Waals surface area (Å²) in [6, 6.07) is 3.82. The van der Waals surface area contributed by atoms with E-state index in [0.29, 0.717) is 11.1 Å². The number of Topliss-reactive ketones (excluding diaryl/α,β-unsaturated/α-hetero) is 1. The summed E-state index contributed by atoms with van der Waals surface area (Å²) >= 11 is 0. The molecular weight excluding hydrogens is 169 g/mol. The SMILES string of the molecule is CC(=O)C(N)c1ccc(F)c(C)c1. The number of ketones is 1. The van der Waals surface area contributed by atoms with Gasteiger partial charge >= 0.3 is 0 Å². The molecule has 1 unspecified atom stereocenters. The van der Waals surface area contributed by atoms with Crippen LogP contribution < -0.4 is 5.73 Å². The van der Waals surface area contributed by atoms with Crippen molar-refractivity contribution in [2.75, 3.05) is 0 Å². The van der Waals surface area contributed by atoms with E-state index in [9.17, 15) is 9.18 Å². The molecule has 0 fully saturated rings. The normalized spacial score (nSPS) is 12.6. The average molecular weight is 181 g/mol. The molecule has 0 aliphatic rings. The first-order valence-electron chi connectivity index (χ1n) is 4.04. The minimum atomic E-state index is -0.640. The fraction of sp³-hybridized carbons (Fsp3) is 0.300. The molecule has 0 saturated carbocycles. The van der Waals surface area contributed by atoms with Crippen LogP contribution in [0.5, 0.6) is 0 Å². The van der Waals surface area contributed by atoms with E-state index in [4.69, 9.17) is 5.73 Å². The van der Waals surface area contributed by atoms with Gasteiger partial charge in [0, 0.05) is 0 Å². The highest BCUT2D eigenvalue weighted by Crippen LogP contribution is 2.15. The molecule has 0 aliphatic carbocycles. The number of aryl methyl sites for hydroxylation is 1. The van der Waals surface area contributed by atoms with E-state index in [1.54, 1.807) is 13.0 Å². The predicted molar refractivity (Wildman–Crippen MR) is 48.7 cm³/mol. The first-order valence-corrected chi connectivity index (χ1v) is 4.04. The van der Waals surface area contributed by atoms with Crippen molar-refractivity contribution in [3.05, 3.63) is 35.1 Å². The van der Waals surface area contributed by atoms with E-state index in [-0.39, 0.29) is 11.6 Å². The van der Waals surface area contributed by atoms with Gasteiger partial charge in [-0.3, -0.25) is 4.79 Å². The van der Waals surface area contributed by atoms with Gasteiger partial charge in [-0.25, -0.2) is 4.39 Å². The smallest absolute Gasteiger partial charge is 0.150 e. The second-order valence-electron chi connectivity index (χ2n) is 3.10. The lowest BCUT2D eigenvalue weighted by molar-refractivity contribution is -0.118. The topological polar surface area (TPSA) is 43.1 Å². The Morgan fingerprint density at radius 3 is 2.62 bits per heavy atom. The summed E-state index contributed by atoms with van der Waals surface area (Å²) in [5.74, 6) is -0.398. The Balaban J connectivity index is 3.03. The molecule has 2 nitrogen and oxygen atoms in total. The van der Waals surface area contributed by atoms with Crippen LogP contribution >= 0.6 is 0 Å². The second kappa shape index (κ2) is 3.66. The molecule has 0 saturated heterocycles. The average Bonchev–Trinajstić information content (AvgIpc) is 2.08. The molecule has 0 heterocycles. The number of benzene rings is 1. The fourth-order valence-electron chi connectivity index (χ4n) is 1.10. The van der Waals surface area contributed by atoms with E-state index >= 15 is 0 Å². The van der Waals surface area contributed by atoms with E-state index in [2.05, 4.69) is 0 Å². The molecule has 0 aliphatic heterocycles. The zero-order valence-corrected chi connectivity index (χ0v) is 7.67. The van der Waals surface area contributed by atoms with Crippen molar-refractivity contribution >= 4 is 5.78 Å². The van der Waals surface area contributed by atoms with Gasteiger partial charge in [0.1, 0.15) is 5.82 Å². The molecule has 1 atom stereocenters. The van der Waals surface area contributed by atoms with Crippen molar-refractivity contribution < 1.29 is 9.18 Å². The highest BCUT2D eigenvalue weighted by molar-refractivity contribution is 5.82. The Morgan fingerprint density at radius 1 is 1.54 bits per heavy atom. The maximum absolute atomic E-state index is 12.8. The van der Waals surface area contributed by atoms with Gasteiger partial charge in [0.25, 0.3) is 0 Å². The second-order valence-corrected chi connectivity index (χ2v) is 3.10. The van der Waals surface area contributed by atoms with Crippen LogP contribution in [0.4, 0.5) is 4.39 Å². The Hall–Kier alpha value is -1.22. The van der Waals surface area contributed by atoms with Crippen LogP contribution in [0.1, 0.15) is 24.1 Å². The summed E-state index contributed by atoms with van der Waals surface area (Å²) in [6.45, 7) is 3.06. The lowest BCUT2D eigenvalue weighted by Gasteiger charge is -2.08. The summed E-state index contributed by atoms with van der Waals surface area (Å²) in [7, 11) is 0. The highest BCUT2D eigenvalue weighted by Gasteiger charge is 2.11. The van der Waals surface area contributed by atoms with Crippen LogP contribution in [-0.4, -0.2) is 5.78 Å². The third kappa shape index (κ3) is 2.12. The lowest BCUT2D eigenvalue weighted by Crippen LogP contribution is -2.18. The van der Waals surface area contributed by atoms with Crippen molar-refractivity contribution in [1.82, 2.24) is 0 Å². The van der Waals surface area contributed by atoms with E-state index in [0.717, 1.165) is 0 Å². The van der Waals surface area contributed by atoms with Crippen LogP contribution in [0.25, 0.3) is 0 Å². The molecule has 0 amide bonds. The summed E-state index contributed by atoms with van der Waals surface area (Å²) in [6.07, 6.45) is 0. The zero-order chi connectivity index (χ0) is 10.0. The first-order chi connectivity index (χ1) is 6.02. The summed E-state index contributed by atoms with van der Waals surface area (Å²) in [5, 5.41) is 0. The molecule has 3 heteroatoms. The Bertz CT molecular complexity index is 336. The van der Waals surface area contributed by atoms with Gasteiger partial charge in [-0.1, -0.05) is 12.1 Å². The standard InChI is InChI=1S/C10H12FNO/c1-6-5-8(3-4-9(6)11)10(12)7(2)13/h3-5,10H,12H2,1-2H3. The van der Waals surface area contributed by atoms with Crippen molar-refractivity contribution in [2.24, 2.45) is 5.73 Å². The quantitative estimate of drug-likeness (QED) is 0.754. The number of halogens is 1.